The zero-order valence-electron chi connectivity index (χ0n) is 22.9. The Morgan fingerprint density at radius 2 is 0.951 bits per heavy atom. The number of nitrogens with zero attached hydrogens (tertiary/aromatic N) is 4. The van der Waals surface area contributed by atoms with Gasteiger partial charge in [-0.2, -0.15) is 0 Å². The van der Waals surface area contributed by atoms with Crippen LogP contribution >= 0.6 is 0 Å². The molecule has 7 aromatic rings. The van der Waals surface area contributed by atoms with Crippen LogP contribution in [-0.4, -0.2) is 19.1 Å². The molecule has 4 nitrogen and oxygen atoms in total. The maximum atomic E-state index is 4.18. The maximum absolute atomic E-state index is 4.18. The lowest BCUT2D eigenvalue weighted by molar-refractivity contribution is 1.06. The number of rotatable bonds is 5. The predicted molar refractivity (Wildman–Crippen MR) is 172 cm³/mol. The summed E-state index contributed by atoms with van der Waals surface area (Å²) in [6.45, 7) is 5.42. The Bertz CT molecular complexity index is 1740. The monoisotopic (exact) mass is 530 g/mol. The molecule has 0 amide bonds. The summed E-state index contributed by atoms with van der Waals surface area (Å²) in [5.74, 6) is 0. The molecule has 0 aliphatic heterocycles. The van der Waals surface area contributed by atoms with Crippen molar-refractivity contribution in [1.82, 2.24) is 19.1 Å². The average Bonchev–Trinajstić information content (AvgIpc) is 3.77. The number of aromatic nitrogens is 4. The summed E-state index contributed by atoms with van der Waals surface area (Å²) in [5.41, 5.74) is 7.12. The van der Waals surface area contributed by atoms with Crippen LogP contribution < -0.4 is 0 Å². The van der Waals surface area contributed by atoms with E-state index in [1.165, 1.54) is 43.8 Å². The van der Waals surface area contributed by atoms with Crippen LogP contribution in [0, 0.1) is 0 Å². The largest absolute Gasteiger partial charge is 0.306 e. The molecule has 0 fully saturated rings. The number of allylic oxidation sites excluding steroid dienone is 3. The smallest absolute Gasteiger partial charge is 0.0991 e. The highest BCUT2D eigenvalue weighted by Crippen LogP contribution is 2.43. The van der Waals surface area contributed by atoms with Crippen molar-refractivity contribution in [1.29, 1.82) is 0 Å². The van der Waals surface area contributed by atoms with Gasteiger partial charge in [0.1, 0.15) is 0 Å². The van der Waals surface area contributed by atoms with Crippen molar-refractivity contribution in [3.8, 4) is 33.6 Å². The lowest BCUT2D eigenvalue weighted by atomic mass is 9.86. The van der Waals surface area contributed by atoms with E-state index >= 15 is 0 Å². The van der Waals surface area contributed by atoms with Gasteiger partial charge in [0, 0.05) is 36.2 Å². The molecule has 0 N–H and O–H groups in total. The molecule has 5 aromatic carbocycles. The third kappa shape index (κ3) is 5.11. The minimum absolute atomic E-state index is 1.10. The Balaban J connectivity index is 0.000000559. The molecule has 2 heterocycles. The van der Waals surface area contributed by atoms with Crippen LogP contribution in [0.1, 0.15) is 6.92 Å². The molecular weight excluding hydrogens is 500 g/mol. The second-order valence-electron chi connectivity index (χ2n) is 9.64. The summed E-state index contributed by atoms with van der Waals surface area (Å²) in [6, 6.07) is 35.0. The van der Waals surface area contributed by atoms with Crippen LogP contribution in [0.25, 0.3) is 55.2 Å². The zero-order chi connectivity index (χ0) is 28.0. The fourth-order valence-electron chi connectivity index (χ4n) is 5.31. The Labute approximate surface area is 240 Å². The molecule has 0 bridgehead atoms. The van der Waals surface area contributed by atoms with Crippen molar-refractivity contribution in [3.63, 3.8) is 0 Å². The average molecular weight is 531 g/mol. The van der Waals surface area contributed by atoms with E-state index in [4.69, 9.17) is 0 Å². The number of hydrogen-bond acceptors (Lipinski definition) is 2. The third-order valence-corrected chi connectivity index (χ3v) is 7.18. The first-order chi connectivity index (χ1) is 20.3. The molecule has 0 aliphatic carbocycles. The van der Waals surface area contributed by atoms with E-state index in [2.05, 4.69) is 114 Å². The van der Waals surface area contributed by atoms with Gasteiger partial charge in [0.25, 0.3) is 0 Å². The highest BCUT2D eigenvalue weighted by molar-refractivity contribution is 6.21. The summed E-state index contributed by atoms with van der Waals surface area (Å²) < 4.78 is 4.05. The van der Waals surface area contributed by atoms with Crippen molar-refractivity contribution in [2.75, 3.05) is 0 Å². The highest BCUT2D eigenvalue weighted by Gasteiger charge is 2.16. The van der Waals surface area contributed by atoms with Gasteiger partial charge in [-0.25, -0.2) is 9.97 Å². The van der Waals surface area contributed by atoms with Crippen LogP contribution in [0.2, 0.25) is 0 Å². The van der Waals surface area contributed by atoms with E-state index in [0.29, 0.717) is 0 Å². The van der Waals surface area contributed by atoms with Gasteiger partial charge in [-0.15, -0.1) is 0 Å². The summed E-state index contributed by atoms with van der Waals surface area (Å²) in [4.78, 5) is 8.36. The van der Waals surface area contributed by atoms with E-state index in [9.17, 15) is 0 Å². The van der Waals surface area contributed by atoms with E-state index in [1.807, 2.05) is 53.3 Å². The Morgan fingerprint density at radius 1 is 0.561 bits per heavy atom. The number of imidazole rings is 2. The SMILES string of the molecule is C=C/C=C\C.c1ccc2c(-c3ccc(-n4ccnc4)cc3)c3ccccc3c(-c3ccc(-n4ccnc4)cc3)c2c1. The van der Waals surface area contributed by atoms with Crippen molar-refractivity contribution in [2.45, 2.75) is 6.92 Å². The van der Waals surface area contributed by atoms with Gasteiger partial charge >= 0.3 is 0 Å². The number of benzene rings is 5. The molecule has 198 valence electrons. The Morgan fingerprint density at radius 3 is 1.22 bits per heavy atom. The second-order valence-corrected chi connectivity index (χ2v) is 9.64. The normalized spacial score (nSPS) is 11.0. The topological polar surface area (TPSA) is 35.6 Å². The lowest BCUT2D eigenvalue weighted by Crippen LogP contribution is -1.93. The van der Waals surface area contributed by atoms with Crippen LogP contribution in [0.4, 0.5) is 0 Å². The zero-order valence-corrected chi connectivity index (χ0v) is 22.9. The number of fused-ring (bicyclic) bond motifs is 2. The van der Waals surface area contributed by atoms with E-state index in [0.717, 1.165) is 11.4 Å². The Kier molecular flexibility index (Phi) is 7.37. The van der Waals surface area contributed by atoms with E-state index in [1.54, 1.807) is 18.5 Å². The van der Waals surface area contributed by atoms with Crippen LogP contribution in [0.15, 0.2) is 159 Å². The van der Waals surface area contributed by atoms with Crippen LogP contribution in [0.3, 0.4) is 0 Å². The molecule has 41 heavy (non-hydrogen) atoms. The van der Waals surface area contributed by atoms with E-state index in [-0.39, 0.29) is 0 Å². The third-order valence-electron chi connectivity index (χ3n) is 7.18. The van der Waals surface area contributed by atoms with Crippen LogP contribution in [0.5, 0.6) is 0 Å². The molecule has 0 saturated heterocycles. The standard InChI is InChI=1S/C32H22N4.C5H8/c1-2-6-28-27(5-1)31(23-9-13-25(14-10-23)35-19-17-33-21-35)29-7-3-4-8-30(29)32(28)24-11-15-26(16-12-24)36-20-18-34-22-36;1-3-5-4-2/h1-22H;3-5H,1H2,2H3/b;5-4-. The van der Waals surface area contributed by atoms with Crippen molar-refractivity contribution >= 4 is 21.5 Å². The minimum Gasteiger partial charge on any atom is -0.306 e. The fraction of sp³-hybridized carbons (Fsp3) is 0.0270. The molecule has 2 aromatic heterocycles. The Hall–Kier alpha value is -5.48. The quantitative estimate of drug-likeness (QED) is 0.164. The predicted octanol–water partition coefficient (Wildman–Crippen LogP) is 9.45. The van der Waals surface area contributed by atoms with Gasteiger partial charge in [0.15, 0.2) is 0 Å². The lowest BCUT2D eigenvalue weighted by Gasteiger charge is -2.18. The fourth-order valence-corrected chi connectivity index (χ4v) is 5.31. The molecule has 7 rings (SSSR count). The van der Waals surface area contributed by atoms with Crippen molar-refractivity contribution in [3.05, 3.63) is 159 Å². The minimum atomic E-state index is 1.10. The molecule has 0 atom stereocenters. The maximum Gasteiger partial charge on any atom is 0.0991 e. The molecule has 0 radical (unpaired) electrons. The van der Waals surface area contributed by atoms with Gasteiger partial charge in [-0.3, -0.25) is 0 Å². The molecule has 0 aliphatic rings. The van der Waals surface area contributed by atoms with Gasteiger partial charge in [0.05, 0.1) is 12.7 Å². The molecule has 4 heteroatoms. The molecular formula is C37H30N4. The first kappa shape index (κ1) is 25.8. The second kappa shape index (κ2) is 11.7. The number of hydrogen-bond donors (Lipinski definition) is 0. The van der Waals surface area contributed by atoms with Crippen molar-refractivity contribution in [2.24, 2.45) is 0 Å². The molecule has 0 unspecified atom stereocenters. The summed E-state index contributed by atoms with van der Waals surface area (Å²) >= 11 is 0. The highest BCUT2D eigenvalue weighted by atomic mass is 15.0. The van der Waals surface area contributed by atoms with E-state index < -0.39 is 0 Å². The van der Waals surface area contributed by atoms with Gasteiger partial charge in [-0.05, 0) is 75.0 Å². The van der Waals surface area contributed by atoms with Crippen LogP contribution in [-0.2, 0) is 0 Å². The first-order valence-electron chi connectivity index (χ1n) is 13.6. The van der Waals surface area contributed by atoms with Gasteiger partial charge in [0.2, 0.25) is 0 Å². The molecule has 0 spiro atoms. The van der Waals surface area contributed by atoms with Gasteiger partial charge in [-0.1, -0.05) is 97.6 Å². The summed E-state index contributed by atoms with van der Waals surface area (Å²) in [5, 5.41) is 5.00. The van der Waals surface area contributed by atoms with Gasteiger partial charge < -0.3 is 9.13 Å². The van der Waals surface area contributed by atoms with Crippen molar-refractivity contribution < 1.29 is 0 Å². The first-order valence-corrected chi connectivity index (χ1v) is 13.6. The summed E-state index contributed by atoms with van der Waals surface area (Å²) in [6.07, 6.45) is 16.8. The summed E-state index contributed by atoms with van der Waals surface area (Å²) in [7, 11) is 0. The molecule has 0 saturated carbocycles.